The van der Waals surface area contributed by atoms with Crippen LogP contribution in [0.5, 0.6) is 0 Å². The average Bonchev–Trinajstić information content (AvgIpc) is 2.09. The average molecular weight is 174 g/mol. The number of nitrogens with one attached hydrogen (secondary N) is 1. The lowest BCUT2D eigenvalue weighted by Crippen LogP contribution is -2.25. The Bertz CT molecular complexity index is 118. The first-order chi connectivity index (χ1) is 5.81. The molecule has 3 N–H and O–H groups in total. The standard InChI is InChI=1S/C8H18N2O2/c1-2-3-5-8(11)10-6-4-7-12-9/h2-7,9H2,1H3,(H,10,11). The number of hydrogen-bond acceptors (Lipinski definition) is 3. The largest absolute Gasteiger partial charge is 0.356 e. The Hall–Kier alpha value is -0.610. The Morgan fingerprint density at radius 1 is 1.50 bits per heavy atom. The summed E-state index contributed by atoms with van der Waals surface area (Å²) in [6.45, 7) is 3.21. The van der Waals surface area contributed by atoms with Gasteiger partial charge in [0.15, 0.2) is 0 Å². The molecule has 0 heterocycles. The van der Waals surface area contributed by atoms with E-state index < -0.39 is 0 Å². The maximum atomic E-state index is 11.0. The summed E-state index contributed by atoms with van der Waals surface area (Å²) < 4.78 is 0. The molecule has 0 radical (unpaired) electrons. The van der Waals surface area contributed by atoms with Crippen LogP contribution in [0.4, 0.5) is 0 Å². The first-order valence-corrected chi connectivity index (χ1v) is 4.39. The third kappa shape index (κ3) is 7.50. The minimum absolute atomic E-state index is 0.119. The van der Waals surface area contributed by atoms with E-state index in [1.165, 1.54) is 0 Å². The van der Waals surface area contributed by atoms with Crippen LogP contribution >= 0.6 is 0 Å². The van der Waals surface area contributed by atoms with E-state index in [-0.39, 0.29) is 5.91 Å². The van der Waals surface area contributed by atoms with Gasteiger partial charge in [0.2, 0.25) is 5.91 Å². The van der Waals surface area contributed by atoms with Crippen LogP contribution in [-0.2, 0) is 9.63 Å². The van der Waals surface area contributed by atoms with Gasteiger partial charge in [-0.05, 0) is 12.8 Å². The fraction of sp³-hybridized carbons (Fsp3) is 0.875. The highest BCUT2D eigenvalue weighted by Gasteiger charge is 1.97. The molecule has 1 amide bonds. The molecule has 0 aromatic carbocycles. The van der Waals surface area contributed by atoms with Crippen molar-refractivity contribution in [3.05, 3.63) is 0 Å². The minimum atomic E-state index is 0.119. The van der Waals surface area contributed by atoms with Gasteiger partial charge < -0.3 is 10.2 Å². The van der Waals surface area contributed by atoms with E-state index in [9.17, 15) is 4.79 Å². The Balaban J connectivity index is 3.08. The first-order valence-electron chi connectivity index (χ1n) is 4.39. The molecule has 0 spiro atoms. The summed E-state index contributed by atoms with van der Waals surface area (Å²) in [5.74, 6) is 4.93. The highest BCUT2D eigenvalue weighted by Crippen LogP contribution is 1.92. The number of amides is 1. The summed E-state index contributed by atoms with van der Waals surface area (Å²) in [5.41, 5.74) is 0. The van der Waals surface area contributed by atoms with Gasteiger partial charge in [0.25, 0.3) is 0 Å². The Morgan fingerprint density at radius 2 is 2.25 bits per heavy atom. The maximum absolute atomic E-state index is 11.0. The van der Waals surface area contributed by atoms with Gasteiger partial charge in [-0.2, -0.15) is 0 Å². The zero-order valence-corrected chi connectivity index (χ0v) is 7.64. The molecular formula is C8H18N2O2. The Kier molecular flexibility index (Phi) is 8.05. The second kappa shape index (κ2) is 8.49. The normalized spacial score (nSPS) is 9.83. The molecular weight excluding hydrogens is 156 g/mol. The topological polar surface area (TPSA) is 64.3 Å². The molecule has 0 bridgehead atoms. The monoisotopic (exact) mass is 174 g/mol. The lowest BCUT2D eigenvalue weighted by molar-refractivity contribution is -0.121. The predicted octanol–water partition coefficient (Wildman–Crippen LogP) is 0.573. The van der Waals surface area contributed by atoms with Crippen LogP contribution in [0.15, 0.2) is 0 Å². The zero-order chi connectivity index (χ0) is 9.23. The third-order valence-corrected chi connectivity index (χ3v) is 1.52. The van der Waals surface area contributed by atoms with Crippen molar-refractivity contribution in [1.82, 2.24) is 5.32 Å². The summed E-state index contributed by atoms with van der Waals surface area (Å²) >= 11 is 0. The van der Waals surface area contributed by atoms with Crippen molar-refractivity contribution in [3.63, 3.8) is 0 Å². The zero-order valence-electron chi connectivity index (χ0n) is 7.64. The molecule has 0 aromatic rings. The number of carbonyl (C=O) groups is 1. The van der Waals surface area contributed by atoms with E-state index in [1.54, 1.807) is 0 Å². The van der Waals surface area contributed by atoms with Crippen LogP contribution in [0, 0.1) is 0 Å². The van der Waals surface area contributed by atoms with Crippen molar-refractivity contribution in [2.45, 2.75) is 32.6 Å². The number of carbonyl (C=O) groups excluding carboxylic acids is 1. The van der Waals surface area contributed by atoms with Gasteiger partial charge in [-0.25, -0.2) is 5.90 Å². The van der Waals surface area contributed by atoms with Crippen molar-refractivity contribution in [3.8, 4) is 0 Å². The van der Waals surface area contributed by atoms with Crippen molar-refractivity contribution >= 4 is 5.91 Å². The van der Waals surface area contributed by atoms with Gasteiger partial charge in [0, 0.05) is 13.0 Å². The van der Waals surface area contributed by atoms with Crippen LogP contribution in [0.3, 0.4) is 0 Å². The summed E-state index contributed by atoms with van der Waals surface area (Å²) in [7, 11) is 0. The minimum Gasteiger partial charge on any atom is -0.356 e. The predicted molar refractivity (Wildman–Crippen MR) is 47.3 cm³/mol. The molecule has 12 heavy (non-hydrogen) atoms. The summed E-state index contributed by atoms with van der Waals surface area (Å²) in [4.78, 5) is 15.3. The van der Waals surface area contributed by atoms with Crippen LogP contribution < -0.4 is 11.2 Å². The highest BCUT2D eigenvalue weighted by molar-refractivity contribution is 5.75. The van der Waals surface area contributed by atoms with Gasteiger partial charge >= 0.3 is 0 Å². The molecule has 0 unspecified atom stereocenters. The van der Waals surface area contributed by atoms with E-state index >= 15 is 0 Å². The van der Waals surface area contributed by atoms with Crippen LogP contribution in [0.25, 0.3) is 0 Å². The molecule has 0 aliphatic carbocycles. The summed E-state index contributed by atoms with van der Waals surface area (Å²) in [5, 5.41) is 2.78. The van der Waals surface area contributed by atoms with Gasteiger partial charge in [0.05, 0.1) is 6.61 Å². The molecule has 0 aliphatic rings. The lowest BCUT2D eigenvalue weighted by Gasteiger charge is -2.02. The second-order valence-corrected chi connectivity index (χ2v) is 2.68. The molecule has 0 aliphatic heterocycles. The van der Waals surface area contributed by atoms with E-state index in [4.69, 9.17) is 5.90 Å². The van der Waals surface area contributed by atoms with E-state index in [1.807, 2.05) is 0 Å². The van der Waals surface area contributed by atoms with Crippen molar-refractivity contribution in [2.24, 2.45) is 5.90 Å². The number of unbranched alkanes of at least 4 members (excludes halogenated alkanes) is 1. The van der Waals surface area contributed by atoms with Gasteiger partial charge in [0.1, 0.15) is 0 Å². The van der Waals surface area contributed by atoms with E-state index in [2.05, 4.69) is 17.1 Å². The molecule has 0 saturated heterocycles. The number of rotatable bonds is 7. The third-order valence-electron chi connectivity index (χ3n) is 1.52. The summed E-state index contributed by atoms with van der Waals surface area (Å²) in [6, 6.07) is 0. The fourth-order valence-corrected chi connectivity index (χ4v) is 0.809. The molecule has 4 nitrogen and oxygen atoms in total. The van der Waals surface area contributed by atoms with Gasteiger partial charge in [-0.1, -0.05) is 13.3 Å². The lowest BCUT2D eigenvalue weighted by atomic mass is 10.2. The second-order valence-electron chi connectivity index (χ2n) is 2.68. The molecule has 4 heteroatoms. The maximum Gasteiger partial charge on any atom is 0.219 e. The van der Waals surface area contributed by atoms with Crippen molar-refractivity contribution < 1.29 is 9.63 Å². The van der Waals surface area contributed by atoms with Gasteiger partial charge in [-0.15, -0.1) is 0 Å². The fourth-order valence-electron chi connectivity index (χ4n) is 0.809. The van der Waals surface area contributed by atoms with Gasteiger partial charge in [-0.3, -0.25) is 4.79 Å². The summed E-state index contributed by atoms with van der Waals surface area (Å²) in [6.07, 6.45) is 3.41. The SMILES string of the molecule is CCCCC(=O)NCCCON. The molecule has 0 fully saturated rings. The molecule has 0 aromatic heterocycles. The van der Waals surface area contributed by atoms with Crippen molar-refractivity contribution in [1.29, 1.82) is 0 Å². The first kappa shape index (κ1) is 11.4. The van der Waals surface area contributed by atoms with Crippen LogP contribution in [-0.4, -0.2) is 19.1 Å². The molecule has 0 saturated carbocycles. The molecule has 0 rings (SSSR count). The molecule has 72 valence electrons. The van der Waals surface area contributed by atoms with E-state index in [0.717, 1.165) is 19.3 Å². The molecule has 0 atom stereocenters. The van der Waals surface area contributed by atoms with E-state index in [0.29, 0.717) is 19.6 Å². The smallest absolute Gasteiger partial charge is 0.219 e. The van der Waals surface area contributed by atoms with Crippen LogP contribution in [0.1, 0.15) is 32.6 Å². The van der Waals surface area contributed by atoms with Crippen molar-refractivity contribution in [2.75, 3.05) is 13.2 Å². The Morgan fingerprint density at radius 3 is 2.83 bits per heavy atom. The quantitative estimate of drug-likeness (QED) is 0.438. The number of nitrogens with two attached hydrogens (primary N) is 1. The number of hydrogen-bond donors (Lipinski definition) is 2. The highest BCUT2D eigenvalue weighted by atomic mass is 16.6. The Labute approximate surface area is 73.4 Å². The van der Waals surface area contributed by atoms with Crippen LogP contribution in [0.2, 0.25) is 0 Å².